The first-order valence-corrected chi connectivity index (χ1v) is 7.35. The van der Waals surface area contributed by atoms with Crippen molar-refractivity contribution in [2.45, 2.75) is 19.0 Å². The molecule has 92 valence electrons. The van der Waals surface area contributed by atoms with Crippen molar-refractivity contribution < 1.29 is 4.92 Å². The number of rotatable bonds is 4. The molecule has 0 radical (unpaired) electrons. The van der Waals surface area contributed by atoms with E-state index in [1.54, 1.807) is 18.2 Å². The lowest BCUT2D eigenvalue weighted by Gasteiger charge is -2.11. The zero-order valence-electron chi connectivity index (χ0n) is 9.19. The summed E-state index contributed by atoms with van der Waals surface area (Å²) in [5.41, 5.74) is 1.18. The third-order valence-electron chi connectivity index (χ3n) is 2.76. The van der Waals surface area contributed by atoms with Gasteiger partial charge >= 0.3 is 0 Å². The molecule has 1 aromatic carbocycles. The van der Waals surface area contributed by atoms with E-state index in [0.29, 0.717) is 6.04 Å². The fraction of sp³-hybridized carbons (Fsp3) is 0.455. The molecule has 6 heteroatoms. The van der Waals surface area contributed by atoms with E-state index in [9.17, 15) is 10.1 Å². The van der Waals surface area contributed by atoms with Crippen LogP contribution in [0.4, 0.5) is 5.69 Å². The molecule has 1 aromatic rings. The molecule has 1 N–H and O–H groups in total. The van der Waals surface area contributed by atoms with Crippen LogP contribution in [0.15, 0.2) is 22.7 Å². The second kappa shape index (κ2) is 5.84. The largest absolute Gasteiger partial charge is 0.309 e. The number of hydrogen-bond donors (Lipinski definition) is 1. The zero-order valence-corrected chi connectivity index (χ0v) is 11.6. The zero-order chi connectivity index (χ0) is 12.3. The van der Waals surface area contributed by atoms with Crippen LogP contribution in [-0.4, -0.2) is 22.5 Å². The van der Waals surface area contributed by atoms with Crippen molar-refractivity contribution in [3.05, 3.63) is 38.3 Å². The molecule has 0 amide bonds. The summed E-state index contributed by atoms with van der Waals surface area (Å²) >= 11 is 5.34. The molecule has 17 heavy (non-hydrogen) atoms. The van der Waals surface area contributed by atoms with Gasteiger partial charge in [0.05, 0.1) is 4.92 Å². The van der Waals surface area contributed by atoms with Gasteiger partial charge in [0.1, 0.15) is 0 Å². The third kappa shape index (κ3) is 3.43. The Morgan fingerprint density at radius 3 is 3.00 bits per heavy atom. The van der Waals surface area contributed by atoms with Crippen LogP contribution in [0.1, 0.15) is 12.0 Å². The molecule has 0 aromatic heterocycles. The minimum absolute atomic E-state index is 0.122. The van der Waals surface area contributed by atoms with Crippen LogP contribution >= 0.6 is 27.7 Å². The van der Waals surface area contributed by atoms with Gasteiger partial charge in [0.15, 0.2) is 0 Å². The standard InChI is InChI=1S/C11H13BrN2O2S/c12-11-5-10(14(15)16)2-1-8(11)6-13-9-3-4-17-7-9/h1-2,5,9,13H,3-4,6-7H2. The number of nitrogens with one attached hydrogen (secondary N) is 1. The van der Waals surface area contributed by atoms with Crippen molar-refractivity contribution in [2.24, 2.45) is 0 Å². The van der Waals surface area contributed by atoms with Gasteiger partial charge in [-0.25, -0.2) is 0 Å². The van der Waals surface area contributed by atoms with E-state index in [1.165, 1.54) is 12.2 Å². The fourth-order valence-corrected chi connectivity index (χ4v) is 3.44. The summed E-state index contributed by atoms with van der Waals surface area (Å²) in [6.45, 7) is 0.754. The first-order valence-electron chi connectivity index (χ1n) is 5.41. The lowest BCUT2D eigenvalue weighted by molar-refractivity contribution is -0.384. The summed E-state index contributed by atoms with van der Waals surface area (Å²) in [7, 11) is 0. The number of nitro groups is 1. The molecule has 2 rings (SSSR count). The second-order valence-electron chi connectivity index (χ2n) is 3.97. The van der Waals surface area contributed by atoms with Gasteiger partial charge in [-0.1, -0.05) is 15.9 Å². The first kappa shape index (κ1) is 12.9. The highest BCUT2D eigenvalue weighted by Gasteiger charge is 2.15. The Balaban J connectivity index is 1.98. The summed E-state index contributed by atoms with van der Waals surface area (Å²) in [4.78, 5) is 10.2. The summed E-state index contributed by atoms with van der Waals surface area (Å²) in [6, 6.07) is 5.48. The van der Waals surface area contributed by atoms with E-state index < -0.39 is 0 Å². The van der Waals surface area contributed by atoms with Crippen LogP contribution in [-0.2, 0) is 6.54 Å². The quantitative estimate of drug-likeness (QED) is 0.685. The Kier molecular flexibility index (Phi) is 4.42. The Bertz CT molecular complexity index is 422. The highest BCUT2D eigenvalue weighted by Crippen LogP contribution is 2.24. The Labute approximate surface area is 112 Å². The smallest absolute Gasteiger partial charge is 0.270 e. The molecule has 1 saturated heterocycles. The van der Waals surface area contributed by atoms with E-state index in [2.05, 4.69) is 21.2 Å². The lowest BCUT2D eigenvalue weighted by atomic mass is 10.2. The highest BCUT2D eigenvalue weighted by atomic mass is 79.9. The lowest BCUT2D eigenvalue weighted by Crippen LogP contribution is -2.28. The normalized spacial score (nSPS) is 19.5. The van der Waals surface area contributed by atoms with Gasteiger partial charge in [-0.05, 0) is 23.8 Å². The second-order valence-corrected chi connectivity index (χ2v) is 5.98. The number of non-ortho nitro benzene ring substituents is 1. The van der Waals surface area contributed by atoms with Crippen molar-refractivity contribution in [1.82, 2.24) is 5.32 Å². The minimum atomic E-state index is -0.379. The SMILES string of the molecule is O=[N+]([O-])c1ccc(CNC2CCSC2)c(Br)c1. The molecular weight excluding hydrogens is 304 g/mol. The van der Waals surface area contributed by atoms with Crippen LogP contribution < -0.4 is 5.32 Å². The van der Waals surface area contributed by atoms with E-state index in [1.807, 2.05) is 11.8 Å². The van der Waals surface area contributed by atoms with E-state index in [0.717, 1.165) is 22.3 Å². The van der Waals surface area contributed by atoms with Crippen LogP contribution in [0.5, 0.6) is 0 Å². The fourth-order valence-electron chi connectivity index (χ4n) is 1.74. The summed E-state index contributed by atoms with van der Waals surface area (Å²) < 4.78 is 0.796. The molecule has 1 aliphatic heterocycles. The minimum Gasteiger partial charge on any atom is -0.309 e. The number of nitrogens with zero attached hydrogens (tertiary/aromatic N) is 1. The predicted molar refractivity (Wildman–Crippen MR) is 73.4 cm³/mol. The Morgan fingerprint density at radius 2 is 2.41 bits per heavy atom. The number of nitro benzene ring substituents is 1. The predicted octanol–water partition coefficient (Wildman–Crippen LogP) is 2.95. The molecule has 0 aliphatic carbocycles. The van der Waals surface area contributed by atoms with Gasteiger partial charge in [-0.15, -0.1) is 0 Å². The summed E-state index contributed by atoms with van der Waals surface area (Å²) in [5, 5.41) is 14.1. The van der Waals surface area contributed by atoms with Crippen molar-refractivity contribution in [3.63, 3.8) is 0 Å². The van der Waals surface area contributed by atoms with Crippen LogP contribution in [0.25, 0.3) is 0 Å². The third-order valence-corrected chi connectivity index (χ3v) is 4.66. The molecule has 4 nitrogen and oxygen atoms in total. The van der Waals surface area contributed by atoms with Gasteiger partial charge in [-0.2, -0.15) is 11.8 Å². The first-order chi connectivity index (χ1) is 8.16. The highest BCUT2D eigenvalue weighted by molar-refractivity contribution is 9.10. The van der Waals surface area contributed by atoms with Crippen LogP contribution in [0.2, 0.25) is 0 Å². The van der Waals surface area contributed by atoms with E-state index in [-0.39, 0.29) is 10.6 Å². The maximum atomic E-state index is 10.6. The van der Waals surface area contributed by atoms with Gasteiger partial charge in [-0.3, -0.25) is 10.1 Å². The Morgan fingerprint density at radius 1 is 1.59 bits per heavy atom. The number of hydrogen-bond acceptors (Lipinski definition) is 4. The average Bonchev–Trinajstić information content (AvgIpc) is 2.80. The molecule has 0 bridgehead atoms. The molecule has 1 heterocycles. The molecule has 0 spiro atoms. The monoisotopic (exact) mass is 316 g/mol. The molecular formula is C11H13BrN2O2S. The van der Waals surface area contributed by atoms with Gasteiger partial charge < -0.3 is 5.32 Å². The molecule has 1 atom stereocenters. The van der Waals surface area contributed by atoms with Gasteiger partial charge in [0, 0.05) is 34.9 Å². The van der Waals surface area contributed by atoms with Gasteiger partial charge in [0.2, 0.25) is 0 Å². The van der Waals surface area contributed by atoms with Crippen LogP contribution in [0, 0.1) is 10.1 Å². The van der Waals surface area contributed by atoms with E-state index >= 15 is 0 Å². The maximum Gasteiger partial charge on any atom is 0.270 e. The van der Waals surface area contributed by atoms with Crippen molar-refractivity contribution in [3.8, 4) is 0 Å². The Hall–Kier alpha value is -0.590. The molecule has 1 unspecified atom stereocenters. The van der Waals surface area contributed by atoms with Crippen molar-refractivity contribution in [1.29, 1.82) is 0 Å². The van der Waals surface area contributed by atoms with Crippen molar-refractivity contribution in [2.75, 3.05) is 11.5 Å². The number of benzene rings is 1. The van der Waals surface area contributed by atoms with Crippen molar-refractivity contribution >= 4 is 33.4 Å². The average molecular weight is 317 g/mol. The molecule has 1 aliphatic rings. The topological polar surface area (TPSA) is 55.2 Å². The van der Waals surface area contributed by atoms with Gasteiger partial charge in [0.25, 0.3) is 5.69 Å². The summed E-state index contributed by atoms with van der Waals surface area (Å²) in [6.07, 6.45) is 1.20. The summed E-state index contributed by atoms with van der Waals surface area (Å²) in [5.74, 6) is 2.38. The number of halogens is 1. The maximum absolute atomic E-state index is 10.6. The van der Waals surface area contributed by atoms with E-state index in [4.69, 9.17) is 0 Å². The molecule has 0 saturated carbocycles. The van der Waals surface area contributed by atoms with Crippen LogP contribution in [0.3, 0.4) is 0 Å². The number of thioether (sulfide) groups is 1. The molecule has 1 fully saturated rings.